The first-order valence-electron chi connectivity index (χ1n) is 10.4. The van der Waals surface area contributed by atoms with Gasteiger partial charge in [0.25, 0.3) is 11.8 Å². The fourth-order valence-electron chi connectivity index (χ4n) is 4.14. The fourth-order valence-corrected chi connectivity index (χ4v) is 4.14. The molecule has 4 rings (SSSR count). The van der Waals surface area contributed by atoms with Gasteiger partial charge in [0.1, 0.15) is 12.4 Å². The standard InChI is InChI=1S/C22H27N3O5/c1-24-10-12-28-18-8-3-2-6-17(18)7-4-5-9-22(21(24)27)15-25(11-13-30-22)20(26)19-14-23-16-29-19/h2-3,6,8,14,16H,4-5,7,9-13,15H2,1H3. The lowest BCUT2D eigenvalue weighted by Gasteiger charge is -2.43. The maximum Gasteiger partial charge on any atom is 0.291 e. The molecule has 0 saturated carbocycles. The Balaban J connectivity index is 1.54. The summed E-state index contributed by atoms with van der Waals surface area (Å²) >= 11 is 0. The first-order chi connectivity index (χ1) is 14.6. The van der Waals surface area contributed by atoms with E-state index in [9.17, 15) is 9.59 Å². The molecule has 1 spiro atoms. The molecule has 2 aliphatic heterocycles. The van der Waals surface area contributed by atoms with Gasteiger partial charge >= 0.3 is 0 Å². The van der Waals surface area contributed by atoms with E-state index in [4.69, 9.17) is 13.9 Å². The van der Waals surface area contributed by atoms with Gasteiger partial charge in [-0.05, 0) is 37.3 Å². The lowest BCUT2D eigenvalue weighted by Crippen LogP contribution is -2.61. The molecular weight excluding hydrogens is 386 g/mol. The van der Waals surface area contributed by atoms with Crippen molar-refractivity contribution in [1.29, 1.82) is 0 Å². The predicted octanol–water partition coefficient (Wildman–Crippen LogP) is 2.15. The summed E-state index contributed by atoms with van der Waals surface area (Å²) in [6.45, 7) is 1.76. The highest BCUT2D eigenvalue weighted by Crippen LogP contribution is 2.29. The third-order valence-electron chi connectivity index (χ3n) is 5.79. The van der Waals surface area contributed by atoms with Crippen molar-refractivity contribution in [3.63, 3.8) is 0 Å². The third-order valence-corrected chi connectivity index (χ3v) is 5.79. The van der Waals surface area contributed by atoms with Gasteiger partial charge in [-0.3, -0.25) is 9.59 Å². The summed E-state index contributed by atoms with van der Waals surface area (Å²) in [6, 6.07) is 8.04. The Labute approximate surface area is 175 Å². The van der Waals surface area contributed by atoms with Crippen LogP contribution in [-0.4, -0.2) is 72.1 Å². The number of morpholine rings is 1. The zero-order valence-electron chi connectivity index (χ0n) is 17.2. The molecule has 0 bridgehead atoms. The van der Waals surface area contributed by atoms with E-state index in [-0.39, 0.29) is 24.1 Å². The van der Waals surface area contributed by atoms with Crippen molar-refractivity contribution in [2.75, 3.05) is 39.9 Å². The Bertz CT molecular complexity index is 885. The SMILES string of the molecule is CN1CCOc2ccccc2CCCCC2(CN(C(=O)c3cnco3)CCO2)C1=O. The molecule has 1 aromatic heterocycles. The third kappa shape index (κ3) is 4.18. The number of ether oxygens (including phenoxy) is 2. The van der Waals surface area contributed by atoms with E-state index < -0.39 is 5.60 Å². The number of amides is 2. The number of aryl methyl sites for hydroxylation is 1. The van der Waals surface area contributed by atoms with Crippen LogP contribution in [-0.2, 0) is 16.0 Å². The van der Waals surface area contributed by atoms with E-state index in [1.54, 1.807) is 16.8 Å². The zero-order chi connectivity index (χ0) is 21.0. The van der Waals surface area contributed by atoms with Crippen molar-refractivity contribution < 1.29 is 23.5 Å². The number of likely N-dealkylation sites (N-methyl/N-ethyl adjacent to an activating group) is 1. The van der Waals surface area contributed by atoms with Crippen LogP contribution in [0.1, 0.15) is 35.4 Å². The molecule has 2 aromatic rings. The second-order valence-electron chi connectivity index (χ2n) is 7.83. The number of oxazole rings is 1. The Kier molecular flexibility index (Phi) is 6.03. The first kappa shape index (κ1) is 20.4. The van der Waals surface area contributed by atoms with Crippen molar-refractivity contribution >= 4 is 11.8 Å². The number of fused-ring (bicyclic) bond motifs is 1. The highest BCUT2D eigenvalue weighted by atomic mass is 16.5. The lowest BCUT2D eigenvalue weighted by atomic mass is 9.91. The molecule has 8 nitrogen and oxygen atoms in total. The van der Waals surface area contributed by atoms with Crippen molar-refractivity contribution in [3.8, 4) is 5.75 Å². The quantitative estimate of drug-likeness (QED) is 0.712. The maximum absolute atomic E-state index is 13.4. The average molecular weight is 413 g/mol. The fraction of sp³-hybridized carbons (Fsp3) is 0.500. The second kappa shape index (κ2) is 8.87. The van der Waals surface area contributed by atoms with Gasteiger partial charge in [-0.1, -0.05) is 18.2 Å². The Morgan fingerprint density at radius 2 is 2.03 bits per heavy atom. The number of nitrogens with zero attached hydrogens (tertiary/aromatic N) is 3. The summed E-state index contributed by atoms with van der Waals surface area (Å²) in [5, 5.41) is 0. The van der Waals surface area contributed by atoms with Gasteiger partial charge in [-0.25, -0.2) is 4.98 Å². The summed E-state index contributed by atoms with van der Waals surface area (Å²) in [6.07, 6.45) is 5.76. The molecule has 1 fully saturated rings. The Morgan fingerprint density at radius 3 is 2.87 bits per heavy atom. The topological polar surface area (TPSA) is 85.1 Å². The minimum Gasteiger partial charge on any atom is -0.491 e. The first-order valence-corrected chi connectivity index (χ1v) is 10.4. The number of benzene rings is 1. The van der Waals surface area contributed by atoms with Crippen LogP contribution in [0.2, 0.25) is 0 Å². The van der Waals surface area contributed by atoms with Crippen LogP contribution >= 0.6 is 0 Å². The van der Waals surface area contributed by atoms with Crippen LogP contribution < -0.4 is 4.74 Å². The van der Waals surface area contributed by atoms with E-state index >= 15 is 0 Å². The largest absolute Gasteiger partial charge is 0.491 e. The van der Waals surface area contributed by atoms with Crippen LogP contribution in [0.25, 0.3) is 0 Å². The summed E-state index contributed by atoms with van der Waals surface area (Å²) < 4.78 is 17.2. The minimum atomic E-state index is -1.05. The Morgan fingerprint density at radius 1 is 1.17 bits per heavy atom. The minimum absolute atomic E-state index is 0.116. The Hall–Kier alpha value is -2.87. The molecule has 0 aliphatic carbocycles. The average Bonchev–Trinajstić information content (AvgIpc) is 3.31. The van der Waals surface area contributed by atoms with Gasteiger partial charge in [0.2, 0.25) is 5.76 Å². The van der Waals surface area contributed by atoms with E-state index in [0.717, 1.165) is 25.0 Å². The smallest absolute Gasteiger partial charge is 0.291 e. The van der Waals surface area contributed by atoms with Gasteiger partial charge in [-0.2, -0.15) is 0 Å². The van der Waals surface area contributed by atoms with Gasteiger partial charge in [-0.15, -0.1) is 0 Å². The summed E-state index contributed by atoms with van der Waals surface area (Å²) in [5.74, 6) is 0.668. The van der Waals surface area contributed by atoms with Crippen molar-refractivity contribution in [2.24, 2.45) is 0 Å². The molecule has 2 aliphatic rings. The highest BCUT2D eigenvalue weighted by Gasteiger charge is 2.46. The number of hydrogen-bond donors (Lipinski definition) is 0. The maximum atomic E-state index is 13.4. The molecule has 1 saturated heterocycles. The highest BCUT2D eigenvalue weighted by molar-refractivity contribution is 5.92. The predicted molar refractivity (Wildman–Crippen MR) is 108 cm³/mol. The molecule has 2 amide bonds. The number of carbonyl (C=O) groups excluding carboxylic acids is 2. The van der Waals surface area contributed by atoms with Crippen molar-refractivity contribution in [1.82, 2.24) is 14.8 Å². The molecule has 8 heteroatoms. The number of aromatic nitrogens is 1. The van der Waals surface area contributed by atoms with Crippen LogP contribution in [0.3, 0.4) is 0 Å². The molecular formula is C22H27N3O5. The summed E-state index contributed by atoms with van der Waals surface area (Å²) in [5.41, 5.74) is 0.120. The van der Waals surface area contributed by atoms with Crippen LogP contribution in [0.5, 0.6) is 5.75 Å². The number of para-hydroxylation sites is 1. The number of rotatable bonds is 1. The van der Waals surface area contributed by atoms with Crippen LogP contribution in [0.15, 0.2) is 41.3 Å². The molecule has 1 unspecified atom stereocenters. The lowest BCUT2D eigenvalue weighted by molar-refractivity contribution is -0.169. The van der Waals surface area contributed by atoms with Gasteiger partial charge in [0.15, 0.2) is 12.0 Å². The molecule has 0 radical (unpaired) electrons. The monoisotopic (exact) mass is 413 g/mol. The van der Waals surface area contributed by atoms with Crippen LogP contribution in [0, 0.1) is 0 Å². The van der Waals surface area contributed by atoms with E-state index in [1.165, 1.54) is 18.2 Å². The molecule has 1 atom stereocenters. The van der Waals surface area contributed by atoms with E-state index in [1.807, 2.05) is 18.2 Å². The van der Waals surface area contributed by atoms with Crippen molar-refractivity contribution in [2.45, 2.75) is 31.3 Å². The number of hydrogen-bond acceptors (Lipinski definition) is 6. The van der Waals surface area contributed by atoms with Gasteiger partial charge in [0.05, 0.1) is 25.9 Å². The van der Waals surface area contributed by atoms with Crippen molar-refractivity contribution in [3.05, 3.63) is 48.2 Å². The summed E-state index contributed by atoms with van der Waals surface area (Å²) in [4.78, 5) is 33.3. The second-order valence-corrected chi connectivity index (χ2v) is 7.83. The van der Waals surface area contributed by atoms with E-state index in [2.05, 4.69) is 11.1 Å². The van der Waals surface area contributed by atoms with Gasteiger partial charge < -0.3 is 23.7 Å². The zero-order valence-corrected chi connectivity index (χ0v) is 17.2. The summed E-state index contributed by atoms with van der Waals surface area (Å²) in [7, 11) is 1.76. The van der Waals surface area contributed by atoms with Gasteiger partial charge in [0, 0.05) is 13.6 Å². The molecule has 1 aromatic carbocycles. The number of carbonyl (C=O) groups is 2. The normalized spacial score (nSPS) is 23.3. The molecule has 30 heavy (non-hydrogen) atoms. The van der Waals surface area contributed by atoms with Crippen LogP contribution in [0.4, 0.5) is 0 Å². The van der Waals surface area contributed by atoms with E-state index in [0.29, 0.717) is 32.7 Å². The molecule has 160 valence electrons. The molecule has 3 heterocycles. The molecule has 0 N–H and O–H groups in total.